The van der Waals surface area contributed by atoms with Crippen molar-refractivity contribution in [3.63, 3.8) is 0 Å². The highest BCUT2D eigenvalue weighted by molar-refractivity contribution is 5.89. The highest BCUT2D eigenvalue weighted by Gasteiger charge is 2.13. The Balaban J connectivity index is 2.17. The predicted molar refractivity (Wildman–Crippen MR) is 70.9 cm³/mol. The van der Waals surface area contributed by atoms with Crippen LogP contribution in [-0.2, 0) is 18.2 Å². The second-order valence-corrected chi connectivity index (χ2v) is 4.58. The van der Waals surface area contributed by atoms with Gasteiger partial charge in [0.1, 0.15) is 12.2 Å². The van der Waals surface area contributed by atoms with E-state index in [1.165, 1.54) is 7.11 Å². The molecule has 5 heteroatoms. The second-order valence-electron chi connectivity index (χ2n) is 4.58. The lowest BCUT2D eigenvalue weighted by molar-refractivity contribution is 0.0600. The second kappa shape index (κ2) is 5.65. The van der Waals surface area contributed by atoms with Crippen LogP contribution >= 0.6 is 0 Å². The molecule has 2 rings (SSSR count). The molecule has 2 aromatic rings. The molecule has 0 N–H and O–H groups in total. The number of methoxy groups -OCH3 is 1. The molecule has 0 aliphatic heterocycles. The van der Waals surface area contributed by atoms with E-state index in [2.05, 4.69) is 17.1 Å². The number of carbonyl (C=O) groups is 1. The van der Waals surface area contributed by atoms with Gasteiger partial charge in [-0.2, -0.15) is 0 Å². The van der Waals surface area contributed by atoms with Gasteiger partial charge in [0.15, 0.2) is 0 Å². The van der Waals surface area contributed by atoms with Crippen molar-refractivity contribution in [2.24, 2.45) is 7.05 Å². The van der Waals surface area contributed by atoms with Gasteiger partial charge in [0, 0.05) is 13.5 Å². The van der Waals surface area contributed by atoms with E-state index in [9.17, 15) is 4.79 Å². The SMILES string of the molecule is COC(=O)c1cccc([C@H](C)Cc2nncn2C)c1. The molecule has 0 aliphatic carbocycles. The number of esters is 1. The van der Waals surface area contributed by atoms with E-state index in [1.807, 2.05) is 29.8 Å². The summed E-state index contributed by atoms with van der Waals surface area (Å²) in [5, 5.41) is 7.94. The first-order valence-corrected chi connectivity index (χ1v) is 6.13. The van der Waals surface area contributed by atoms with Gasteiger partial charge in [-0.1, -0.05) is 19.1 Å². The summed E-state index contributed by atoms with van der Waals surface area (Å²) in [6, 6.07) is 7.50. The van der Waals surface area contributed by atoms with Crippen molar-refractivity contribution in [3.8, 4) is 0 Å². The van der Waals surface area contributed by atoms with Crippen LogP contribution in [0.1, 0.15) is 34.6 Å². The van der Waals surface area contributed by atoms with Gasteiger partial charge in [-0.05, 0) is 23.6 Å². The summed E-state index contributed by atoms with van der Waals surface area (Å²) < 4.78 is 6.63. The summed E-state index contributed by atoms with van der Waals surface area (Å²) in [4.78, 5) is 11.5. The Hall–Kier alpha value is -2.17. The zero-order chi connectivity index (χ0) is 13.8. The highest BCUT2D eigenvalue weighted by Crippen LogP contribution is 2.20. The van der Waals surface area contributed by atoms with Crippen molar-refractivity contribution in [2.45, 2.75) is 19.3 Å². The van der Waals surface area contributed by atoms with Gasteiger partial charge in [0.05, 0.1) is 12.7 Å². The van der Waals surface area contributed by atoms with E-state index >= 15 is 0 Å². The zero-order valence-electron chi connectivity index (χ0n) is 11.3. The minimum atomic E-state index is -0.312. The standard InChI is InChI=1S/C14H17N3O2/c1-10(7-13-16-15-9-17(13)2)11-5-4-6-12(8-11)14(18)19-3/h4-6,8-10H,7H2,1-3H3/t10-/m1/s1. The summed E-state index contributed by atoms with van der Waals surface area (Å²) in [7, 11) is 3.31. The third-order valence-electron chi connectivity index (χ3n) is 3.17. The minimum absolute atomic E-state index is 0.257. The summed E-state index contributed by atoms with van der Waals surface area (Å²) in [5.74, 6) is 0.871. The fourth-order valence-electron chi connectivity index (χ4n) is 1.97. The molecule has 5 nitrogen and oxygen atoms in total. The number of rotatable bonds is 4. The number of hydrogen-bond acceptors (Lipinski definition) is 4. The van der Waals surface area contributed by atoms with Crippen molar-refractivity contribution in [1.29, 1.82) is 0 Å². The lowest BCUT2D eigenvalue weighted by Crippen LogP contribution is -2.06. The van der Waals surface area contributed by atoms with Gasteiger partial charge in [-0.15, -0.1) is 10.2 Å². The topological polar surface area (TPSA) is 57.0 Å². The van der Waals surface area contributed by atoms with Gasteiger partial charge in [0.2, 0.25) is 0 Å². The average Bonchev–Trinajstić information content (AvgIpc) is 2.83. The maximum Gasteiger partial charge on any atom is 0.337 e. The maximum atomic E-state index is 11.5. The lowest BCUT2D eigenvalue weighted by atomic mass is 9.96. The van der Waals surface area contributed by atoms with Crippen LogP contribution in [0.25, 0.3) is 0 Å². The number of ether oxygens (including phenoxy) is 1. The van der Waals surface area contributed by atoms with Crippen LogP contribution in [0.3, 0.4) is 0 Å². The van der Waals surface area contributed by atoms with Crippen LogP contribution in [0.2, 0.25) is 0 Å². The number of aryl methyl sites for hydroxylation is 1. The Bertz CT molecular complexity index is 578. The third-order valence-corrected chi connectivity index (χ3v) is 3.17. The Morgan fingerprint density at radius 3 is 2.89 bits per heavy atom. The van der Waals surface area contributed by atoms with Gasteiger partial charge in [-0.3, -0.25) is 0 Å². The monoisotopic (exact) mass is 259 g/mol. The normalized spacial score (nSPS) is 12.2. The minimum Gasteiger partial charge on any atom is -0.465 e. The van der Waals surface area contributed by atoms with Crippen LogP contribution in [0.4, 0.5) is 0 Å². The van der Waals surface area contributed by atoms with Crippen LogP contribution in [0, 0.1) is 0 Å². The number of nitrogens with zero attached hydrogens (tertiary/aromatic N) is 3. The van der Waals surface area contributed by atoms with E-state index < -0.39 is 0 Å². The molecule has 19 heavy (non-hydrogen) atoms. The smallest absolute Gasteiger partial charge is 0.337 e. The molecular weight excluding hydrogens is 242 g/mol. The molecule has 0 spiro atoms. The molecule has 0 fully saturated rings. The summed E-state index contributed by atoms with van der Waals surface area (Å²) >= 11 is 0. The van der Waals surface area contributed by atoms with Crippen LogP contribution < -0.4 is 0 Å². The van der Waals surface area contributed by atoms with Gasteiger partial charge < -0.3 is 9.30 Å². The van der Waals surface area contributed by atoms with Gasteiger partial charge in [-0.25, -0.2) is 4.79 Å². The number of hydrogen-bond donors (Lipinski definition) is 0. The first kappa shape index (κ1) is 13.3. The largest absolute Gasteiger partial charge is 0.465 e. The third kappa shape index (κ3) is 2.99. The Morgan fingerprint density at radius 2 is 2.26 bits per heavy atom. The molecule has 0 aliphatic rings. The molecule has 100 valence electrons. The van der Waals surface area contributed by atoms with E-state index in [4.69, 9.17) is 4.74 Å². The van der Waals surface area contributed by atoms with E-state index in [1.54, 1.807) is 12.4 Å². The van der Waals surface area contributed by atoms with E-state index in [0.717, 1.165) is 17.8 Å². The van der Waals surface area contributed by atoms with Crippen molar-refractivity contribution in [3.05, 3.63) is 47.5 Å². The Labute approximate surface area is 112 Å². The molecule has 0 saturated carbocycles. The number of benzene rings is 1. The maximum absolute atomic E-state index is 11.5. The van der Waals surface area contributed by atoms with Crippen LogP contribution in [0.5, 0.6) is 0 Å². The molecule has 1 aromatic heterocycles. The fraction of sp³-hybridized carbons (Fsp3) is 0.357. The molecule has 1 heterocycles. The van der Waals surface area contributed by atoms with Crippen molar-refractivity contribution >= 4 is 5.97 Å². The van der Waals surface area contributed by atoms with E-state index in [-0.39, 0.29) is 11.9 Å². The number of aromatic nitrogens is 3. The highest BCUT2D eigenvalue weighted by atomic mass is 16.5. The van der Waals surface area contributed by atoms with Crippen molar-refractivity contribution in [1.82, 2.24) is 14.8 Å². The molecular formula is C14H17N3O2. The molecule has 1 aromatic carbocycles. The van der Waals surface area contributed by atoms with Gasteiger partial charge in [0.25, 0.3) is 0 Å². The Morgan fingerprint density at radius 1 is 1.47 bits per heavy atom. The number of carbonyl (C=O) groups excluding carboxylic acids is 1. The summed E-state index contributed by atoms with van der Waals surface area (Å²) in [5.41, 5.74) is 1.66. The van der Waals surface area contributed by atoms with Crippen molar-refractivity contribution in [2.75, 3.05) is 7.11 Å². The Kier molecular flexibility index (Phi) is 3.94. The lowest BCUT2D eigenvalue weighted by Gasteiger charge is -2.12. The molecule has 1 atom stereocenters. The first-order valence-electron chi connectivity index (χ1n) is 6.13. The van der Waals surface area contributed by atoms with Crippen molar-refractivity contribution < 1.29 is 9.53 Å². The molecule has 0 saturated heterocycles. The quantitative estimate of drug-likeness (QED) is 0.787. The fourth-order valence-corrected chi connectivity index (χ4v) is 1.97. The summed E-state index contributed by atoms with van der Waals surface area (Å²) in [6.45, 7) is 2.10. The van der Waals surface area contributed by atoms with Crippen LogP contribution in [-0.4, -0.2) is 27.8 Å². The average molecular weight is 259 g/mol. The predicted octanol–water partition coefficient (Wildman–Crippen LogP) is 1.95. The molecule has 0 radical (unpaired) electrons. The molecule has 0 bridgehead atoms. The summed E-state index contributed by atoms with van der Waals surface area (Å²) in [6.07, 6.45) is 2.47. The van der Waals surface area contributed by atoms with E-state index in [0.29, 0.717) is 5.56 Å². The molecule has 0 amide bonds. The van der Waals surface area contributed by atoms with Crippen LogP contribution in [0.15, 0.2) is 30.6 Å². The first-order chi connectivity index (χ1) is 9.11. The molecule has 0 unspecified atom stereocenters. The van der Waals surface area contributed by atoms with Gasteiger partial charge >= 0.3 is 5.97 Å². The zero-order valence-corrected chi connectivity index (χ0v) is 11.3.